The van der Waals surface area contributed by atoms with E-state index >= 15 is 0 Å². The van der Waals surface area contributed by atoms with Crippen LogP contribution in [-0.4, -0.2) is 61.0 Å². The van der Waals surface area contributed by atoms with Gasteiger partial charge in [-0.2, -0.15) is 0 Å². The molecule has 2 amide bonds. The highest BCUT2D eigenvalue weighted by Crippen LogP contribution is 2.33. The fourth-order valence-electron chi connectivity index (χ4n) is 4.04. The van der Waals surface area contributed by atoms with Crippen molar-refractivity contribution in [1.82, 2.24) is 10.2 Å². The lowest BCUT2D eigenvalue weighted by atomic mass is 10.0. The van der Waals surface area contributed by atoms with Crippen molar-refractivity contribution in [1.29, 1.82) is 0 Å². The van der Waals surface area contributed by atoms with Crippen molar-refractivity contribution >= 4 is 33.4 Å². The van der Waals surface area contributed by atoms with E-state index in [1.165, 1.54) is 11.8 Å². The fourth-order valence-corrected chi connectivity index (χ4v) is 7.66. The highest BCUT2D eigenvalue weighted by atomic mass is 32.2. The maximum Gasteiger partial charge on any atom is 0.254 e. The standard InChI is InChI=1S/C23H26N2O4S2/c26-22(17-6-2-1-3-7-17)24-18-10-13-25(14-11-18)23(27)20-8-4-5-9-21(20)30-19-12-15-31(28,29)16-19/h1-9,18-19H,10-16H2,(H,24,26)/t19-/m0/s1. The van der Waals surface area contributed by atoms with Gasteiger partial charge >= 0.3 is 0 Å². The van der Waals surface area contributed by atoms with Gasteiger partial charge in [0.2, 0.25) is 0 Å². The number of carbonyl (C=O) groups is 2. The summed E-state index contributed by atoms with van der Waals surface area (Å²) in [6.07, 6.45) is 2.04. The molecule has 4 rings (SSSR count). The molecule has 2 heterocycles. The summed E-state index contributed by atoms with van der Waals surface area (Å²) in [5.74, 6) is 0.283. The molecular weight excluding hydrogens is 432 g/mol. The smallest absolute Gasteiger partial charge is 0.254 e. The number of carbonyl (C=O) groups excluding carboxylic acids is 2. The molecule has 0 spiro atoms. The molecule has 0 saturated carbocycles. The Hall–Kier alpha value is -2.32. The molecule has 2 saturated heterocycles. The van der Waals surface area contributed by atoms with E-state index in [9.17, 15) is 18.0 Å². The van der Waals surface area contributed by atoms with Crippen LogP contribution in [0.2, 0.25) is 0 Å². The van der Waals surface area contributed by atoms with Crippen molar-refractivity contribution in [2.75, 3.05) is 24.6 Å². The molecule has 2 aliphatic heterocycles. The number of thioether (sulfide) groups is 1. The number of piperidine rings is 1. The van der Waals surface area contributed by atoms with E-state index in [2.05, 4.69) is 5.32 Å². The highest BCUT2D eigenvalue weighted by molar-refractivity contribution is 8.02. The van der Waals surface area contributed by atoms with Crippen molar-refractivity contribution in [2.45, 2.75) is 35.4 Å². The molecule has 0 bridgehead atoms. The summed E-state index contributed by atoms with van der Waals surface area (Å²) in [5, 5.41) is 3.06. The molecule has 8 heteroatoms. The van der Waals surface area contributed by atoms with Crippen molar-refractivity contribution in [2.24, 2.45) is 0 Å². The molecule has 1 atom stereocenters. The predicted octanol–water partition coefficient (Wildman–Crippen LogP) is 3.00. The number of amides is 2. The molecular formula is C23H26N2O4S2. The van der Waals surface area contributed by atoms with Crippen molar-refractivity contribution in [3.05, 3.63) is 65.7 Å². The molecule has 1 N–H and O–H groups in total. The van der Waals surface area contributed by atoms with Crippen LogP contribution in [0.4, 0.5) is 0 Å². The van der Waals surface area contributed by atoms with Gasteiger partial charge in [0.1, 0.15) is 0 Å². The molecule has 0 unspecified atom stereocenters. The molecule has 2 aromatic carbocycles. The third-order valence-electron chi connectivity index (χ3n) is 5.76. The van der Waals surface area contributed by atoms with E-state index in [1.54, 1.807) is 12.1 Å². The molecule has 0 radical (unpaired) electrons. The molecule has 31 heavy (non-hydrogen) atoms. The largest absolute Gasteiger partial charge is 0.349 e. The molecule has 164 valence electrons. The monoisotopic (exact) mass is 458 g/mol. The normalized spacial score (nSPS) is 21.0. The lowest BCUT2D eigenvalue weighted by Gasteiger charge is -2.33. The SMILES string of the molecule is O=C(NC1CCN(C(=O)c2ccccc2S[C@H]2CCS(=O)(=O)C2)CC1)c1ccccc1. The zero-order valence-electron chi connectivity index (χ0n) is 17.2. The van der Waals surface area contributed by atoms with E-state index in [1.807, 2.05) is 47.4 Å². The Morgan fingerprint density at radius 3 is 2.29 bits per heavy atom. The van der Waals surface area contributed by atoms with Gasteiger partial charge in [0.05, 0.1) is 17.1 Å². The van der Waals surface area contributed by atoms with Crippen LogP contribution >= 0.6 is 11.8 Å². The number of likely N-dealkylation sites (tertiary alicyclic amines) is 1. The average Bonchev–Trinajstić information content (AvgIpc) is 3.13. The minimum Gasteiger partial charge on any atom is -0.349 e. The molecule has 0 aromatic heterocycles. The van der Waals surface area contributed by atoms with Crippen molar-refractivity contribution < 1.29 is 18.0 Å². The number of nitrogens with one attached hydrogen (secondary N) is 1. The molecule has 2 fully saturated rings. The molecule has 2 aliphatic rings. The number of nitrogens with zero attached hydrogens (tertiary/aromatic N) is 1. The Morgan fingerprint density at radius 2 is 1.61 bits per heavy atom. The molecule has 6 nitrogen and oxygen atoms in total. The summed E-state index contributed by atoms with van der Waals surface area (Å²) < 4.78 is 23.6. The predicted molar refractivity (Wildman–Crippen MR) is 122 cm³/mol. The molecule has 2 aromatic rings. The Kier molecular flexibility index (Phi) is 6.67. The van der Waals surface area contributed by atoms with Gasteiger partial charge in [-0.1, -0.05) is 30.3 Å². The molecule has 0 aliphatic carbocycles. The summed E-state index contributed by atoms with van der Waals surface area (Å²) in [5.41, 5.74) is 1.27. The van der Waals surface area contributed by atoms with Crippen LogP contribution in [0, 0.1) is 0 Å². The summed E-state index contributed by atoms with van der Waals surface area (Å²) in [4.78, 5) is 28.2. The zero-order chi connectivity index (χ0) is 21.8. The lowest BCUT2D eigenvalue weighted by Crippen LogP contribution is -2.46. The van der Waals surface area contributed by atoms with Gasteiger partial charge < -0.3 is 10.2 Å². The van der Waals surface area contributed by atoms with Gasteiger partial charge in [0.25, 0.3) is 11.8 Å². The fraction of sp³-hybridized carbons (Fsp3) is 0.391. The van der Waals surface area contributed by atoms with E-state index in [0.29, 0.717) is 43.5 Å². The summed E-state index contributed by atoms with van der Waals surface area (Å²) >= 11 is 1.50. The quantitative estimate of drug-likeness (QED) is 0.745. The van der Waals surface area contributed by atoms with Crippen LogP contribution < -0.4 is 5.32 Å². The Bertz CT molecular complexity index is 1050. The lowest BCUT2D eigenvalue weighted by molar-refractivity contribution is 0.0694. The maximum atomic E-state index is 13.2. The van der Waals surface area contributed by atoms with Crippen molar-refractivity contribution in [3.63, 3.8) is 0 Å². The van der Waals surface area contributed by atoms with Crippen molar-refractivity contribution in [3.8, 4) is 0 Å². The van der Waals surface area contributed by atoms with Crippen LogP contribution in [0.3, 0.4) is 0 Å². The van der Waals surface area contributed by atoms with Crippen LogP contribution in [-0.2, 0) is 9.84 Å². The number of sulfone groups is 1. The van der Waals surface area contributed by atoms with Gasteiger partial charge in [-0.15, -0.1) is 11.8 Å². The Morgan fingerprint density at radius 1 is 0.935 bits per heavy atom. The number of rotatable bonds is 5. The second-order valence-electron chi connectivity index (χ2n) is 8.05. The Labute approximate surface area is 187 Å². The second kappa shape index (κ2) is 9.44. The Balaban J connectivity index is 1.35. The maximum absolute atomic E-state index is 13.2. The zero-order valence-corrected chi connectivity index (χ0v) is 18.8. The summed E-state index contributed by atoms with van der Waals surface area (Å²) in [6.45, 7) is 1.16. The van der Waals surface area contributed by atoms with Gasteiger partial charge in [-0.05, 0) is 43.5 Å². The first-order chi connectivity index (χ1) is 14.9. The first-order valence-electron chi connectivity index (χ1n) is 10.5. The third kappa shape index (κ3) is 5.49. The summed E-state index contributed by atoms with van der Waals surface area (Å²) in [6, 6.07) is 16.6. The topological polar surface area (TPSA) is 83.6 Å². The number of hydrogen-bond acceptors (Lipinski definition) is 5. The van der Waals surface area contributed by atoms with Crippen LogP contribution in [0.25, 0.3) is 0 Å². The van der Waals surface area contributed by atoms with Gasteiger partial charge in [-0.25, -0.2) is 8.42 Å². The van der Waals surface area contributed by atoms with Crippen LogP contribution in [0.5, 0.6) is 0 Å². The average molecular weight is 459 g/mol. The number of hydrogen-bond donors (Lipinski definition) is 1. The van der Waals surface area contributed by atoms with E-state index in [4.69, 9.17) is 0 Å². The summed E-state index contributed by atoms with van der Waals surface area (Å²) in [7, 11) is -2.96. The van der Waals surface area contributed by atoms with E-state index in [0.717, 1.165) is 4.90 Å². The second-order valence-corrected chi connectivity index (χ2v) is 11.6. The van der Waals surface area contributed by atoms with Crippen LogP contribution in [0.1, 0.15) is 40.0 Å². The number of benzene rings is 2. The first-order valence-corrected chi connectivity index (χ1v) is 13.2. The highest BCUT2D eigenvalue weighted by Gasteiger charge is 2.31. The van der Waals surface area contributed by atoms with Gasteiger partial charge in [0, 0.05) is 34.8 Å². The minimum atomic E-state index is -2.96. The van der Waals surface area contributed by atoms with Gasteiger partial charge in [-0.3, -0.25) is 9.59 Å². The third-order valence-corrected chi connectivity index (χ3v) is 9.08. The van der Waals surface area contributed by atoms with Gasteiger partial charge in [0.15, 0.2) is 9.84 Å². The van der Waals surface area contributed by atoms with Crippen LogP contribution in [0.15, 0.2) is 59.5 Å². The van der Waals surface area contributed by atoms with E-state index < -0.39 is 9.84 Å². The first kappa shape index (κ1) is 21.9. The minimum absolute atomic E-state index is 0.00196. The van der Waals surface area contributed by atoms with E-state index in [-0.39, 0.29) is 34.6 Å².